The van der Waals surface area contributed by atoms with Gasteiger partial charge in [0.25, 0.3) is 0 Å². The second-order valence-corrected chi connectivity index (χ2v) is 8.27. The van der Waals surface area contributed by atoms with E-state index in [9.17, 15) is 9.90 Å². The van der Waals surface area contributed by atoms with Crippen LogP contribution < -0.4 is 15.4 Å². The smallest absolute Gasteiger partial charge is 0.324 e. The number of carboxylic acid groups (broad SMARTS) is 1. The molecule has 1 aliphatic carbocycles. The predicted molar refractivity (Wildman–Crippen MR) is 124 cm³/mol. The average Bonchev–Trinajstić information content (AvgIpc) is 3.21. The fourth-order valence-electron chi connectivity index (χ4n) is 4.26. The van der Waals surface area contributed by atoms with Crippen molar-refractivity contribution in [3.05, 3.63) is 66.5 Å². The number of aliphatic carboxylic acids is 1. The van der Waals surface area contributed by atoms with Crippen LogP contribution in [0.1, 0.15) is 31.7 Å². The van der Waals surface area contributed by atoms with Gasteiger partial charge in [0.05, 0.1) is 7.11 Å². The molecule has 0 amide bonds. The molecule has 1 fully saturated rings. The van der Waals surface area contributed by atoms with Gasteiger partial charge in [-0.15, -0.1) is 0 Å². The highest BCUT2D eigenvalue weighted by atomic mass is 16.5. The molecular formula is C25H28N4O3. The van der Waals surface area contributed by atoms with Gasteiger partial charge in [-0.1, -0.05) is 37.6 Å². The highest BCUT2D eigenvalue weighted by molar-refractivity contribution is 5.79. The fraction of sp³-hybridized carbons (Fsp3) is 0.320. The van der Waals surface area contributed by atoms with E-state index in [1.54, 1.807) is 19.5 Å². The molecule has 3 aromatic rings. The zero-order valence-electron chi connectivity index (χ0n) is 18.3. The van der Waals surface area contributed by atoms with E-state index in [0.717, 1.165) is 41.0 Å². The Bertz CT molecular complexity index is 1050. The molecule has 7 nitrogen and oxygen atoms in total. The molecular weight excluding hydrogens is 404 g/mol. The van der Waals surface area contributed by atoms with Crippen molar-refractivity contribution in [2.75, 3.05) is 12.4 Å². The van der Waals surface area contributed by atoms with Crippen LogP contribution in [0.15, 0.2) is 60.9 Å². The lowest BCUT2D eigenvalue weighted by Gasteiger charge is -2.30. The van der Waals surface area contributed by atoms with Crippen molar-refractivity contribution in [3.63, 3.8) is 0 Å². The Morgan fingerprint density at radius 2 is 1.78 bits per heavy atom. The van der Waals surface area contributed by atoms with Crippen molar-refractivity contribution in [1.29, 1.82) is 0 Å². The van der Waals surface area contributed by atoms with Crippen molar-refractivity contribution in [1.82, 2.24) is 15.3 Å². The highest BCUT2D eigenvalue weighted by Crippen LogP contribution is 2.36. The minimum absolute atomic E-state index is 0.124. The van der Waals surface area contributed by atoms with E-state index < -0.39 is 11.5 Å². The van der Waals surface area contributed by atoms with Gasteiger partial charge < -0.3 is 15.2 Å². The summed E-state index contributed by atoms with van der Waals surface area (Å²) >= 11 is 0. The summed E-state index contributed by atoms with van der Waals surface area (Å²) in [6.07, 6.45) is 6.13. The van der Waals surface area contributed by atoms with Gasteiger partial charge in [0, 0.05) is 30.2 Å². The summed E-state index contributed by atoms with van der Waals surface area (Å²) in [7, 11) is 1.64. The summed E-state index contributed by atoms with van der Waals surface area (Å²) in [6, 6.07) is 15.6. The Balaban J connectivity index is 1.36. The molecule has 166 valence electrons. The van der Waals surface area contributed by atoms with Crippen LogP contribution in [0, 0.1) is 5.92 Å². The van der Waals surface area contributed by atoms with Crippen LogP contribution in [0.2, 0.25) is 0 Å². The molecule has 4 rings (SSSR count). The Morgan fingerprint density at radius 1 is 1.09 bits per heavy atom. The molecule has 0 aliphatic heterocycles. The normalized spacial score (nSPS) is 20.1. The lowest BCUT2D eigenvalue weighted by molar-refractivity contribution is -0.146. The summed E-state index contributed by atoms with van der Waals surface area (Å²) in [5.74, 6) is 0.690. The van der Waals surface area contributed by atoms with E-state index in [1.165, 1.54) is 0 Å². The lowest BCUT2D eigenvalue weighted by Crippen LogP contribution is -2.53. The number of nitrogens with one attached hydrogen (secondary N) is 2. The zero-order valence-corrected chi connectivity index (χ0v) is 18.3. The first-order chi connectivity index (χ1) is 15.5. The molecule has 1 aliphatic rings. The Labute approximate surface area is 187 Å². The Hall–Kier alpha value is -3.45. The Morgan fingerprint density at radius 3 is 2.34 bits per heavy atom. The van der Waals surface area contributed by atoms with E-state index in [0.29, 0.717) is 18.9 Å². The third-order valence-electron chi connectivity index (χ3n) is 6.32. The van der Waals surface area contributed by atoms with Gasteiger partial charge in [0.2, 0.25) is 5.95 Å². The van der Waals surface area contributed by atoms with Crippen LogP contribution in [0.3, 0.4) is 0 Å². The van der Waals surface area contributed by atoms with Gasteiger partial charge in [-0.3, -0.25) is 10.1 Å². The number of carbonyl (C=O) groups is 1. The van der Waals surface area contributed by atoms with E-state index in [4.69, 9.17) is 4.74 Å². The number of hydrogen-bond acceptors (Lipinski definition) is 6. The first kappa shape index (κ1) is 21.8. The molecule has 0 saturated heterocycles. The van der Waals surface area contributed by atoms with Crippen LogP contribution in [0.25, 0.3) is 11.1 Å². The molecule has 2 atom stereocenters. The van der Waals surface area contributed by atoms with Crippen LogP contribution in [-0.4, -0.2) is 33.7 Å². The maximum atomic E-state index is 11.9. The molecule has 0 radical (unpaired) electrons. The van der Waals surface area contributed by atoms with Crippen molar-refractivity contribution >= 4 is 17.6 Å². The van der Waals surface area contributed by atoms with Gasteiger partial charge in [-0.05, 0) is 54.2 Å². The van der Waals surface area contributed by atoms with Crippen LogP contribution in [0.4, 0.5) is 11.6 Å². The van der Waals surface area contributed by atoms with Crippen molar-refractivity contribution < 1.29 is 14.6 Å². The second kappa shape index (κ2) is 9.36. The summed E-state index contributed by atoms with van der Waals surface area (Å²) < 4.78 is 5.19. The number of carboxylic acids is 1. The molecule has 1 saturated carbocycles. The van der Waals surface area contributed by atoms with Crippen molar-refractivity contribution in [2.24, 2.45) is 5.92 Å². The molecule has 2 unspecified atom stereocenters. The fourth-order valence-corrected chi connectivity index (χ4v) is 4.26. The first-order valence-electron chi connectivity index (χ1n) is 10.8. The number of benzene rings is 2. The number of ether oxygens (including phenoxy) is 1. The quantitative estimate of drug-likeness (QED) is 0.478. The van der Waals surface area contributed by atoms with E-state index in [1.807, 2.05) is 55.5 Å². The number of anilines is 2. The molecule has 32 heavy (non-hydrogen) atoms. The summed E-state index contributed by atoms with van der Waals surface area (Å²) in [5, 5.41) is 16.3. The first-order valence-corrected chi connectivity index (χ1v) is 10.8. The highest BCUT2D eigenvalue weighted by Gasteiger charge is 2.46. The van der Waals surface area contributed by atoms with Gasteiger partial charge in [0.1, 0.15) is 11.3 Å². The van der Waals surface area contributed by atoms with Gasteiger partial charge in [-0.25, -0.2) is 9.97 Å². The minimum Gasteiger partial charge on any atom is -0.497 e. The SMILES string of the molecule is COc1ccc(-c2cnc(Nc3ccc(CNC4(C(=O)O)CCCC4C)cc3)nc2)cc1. The molecule has 1 heterocycles. The molecule has 3 N–H and O–H groups in total. The third-order valence-corrected chi connectivity index (χ3v) is 6.32. The van der Waals surface area contributed by atoms with Crippen molar-refractivity contribution in [3.8, 4) is 16.9 Å². The van der Waals surface area contributed by atoms with E-state index >= 15 is 0 Å². The molecule has 0 spiro atoms. The topological polar surface area (TPSA) is 96.4 Å². The molecule has 7 heteroatoms. The maximum Gasteiger partial charge on any atom is 0.324 e. The summed E-state index contributed by atoms with van der Waals surface area (Å²) in [6.45, 7) is 2.53. The van der Waals surface area contributed by atoms with Crippen molar-refractivity contribution in [2.45, 2.75) is 38.3 Å². The molecule has 2 aromatic carbocycles. The van der Waals surface area contributed by atoms with E-state index in [-0.39, 0.29) is 5.92 Å². The summed E-state index contributed by atoms with van der Waals surface area (Å²) in [5.41, 5.74) is 3.02. The standard InChI is InChI=1S/C25H28N4O3/c1-17-4-3-13-25(17,23(30)31)28-14-18-5-9-21(10-6-18)29-24-26-15-20(16-27-24)19-7-11-22(32-2)12-8-19/h5-12,15-17,28H,3-4,13-14H2,1-2H3,(H,30,31)(H,26,27,29). The minimum atomic E-state index is -0.823. The summed E-state index contributed by atoms with van der Waals surface area (Å²) in [4.78, 5) is 20.7. The Kier molecular flexibility index (Phi) is 6.37. The average molecular weight is 433 g/mol. The third kappa shape index (κ3) is 4.57. The van der Waals surface area contributed by atoms with Crippen LogP contribution in [0.5, 0.6) is 5.75 Å². The lowest BCUT2D eigenvalue weighted by atomic mass is 9.88. The molecule has 1 aromatic heterocycles. The number of methoxy groups -OCH3 is 1. The maximum absolute atomic E-state index is 11.9. The number of hydrogen-bond donors (Lipinski definition) is 3. The van der Waals surface area contributed by atoms with Gasteiger partial charge in [0.15, 0.2) is 0 Å². The number of rotatable bonds is 8. The van der Waals surface area contributed by atoms with E-state index in [2.05, 4.69) is 20.6 Å². The number of nitrogens with zero attached hydrogens (tertiary/aromatic N) is 2. The number of aromatic nitrogens is 2. The molecule has 0 bridgehead atoms. The van der Waals surface area contributed by atoms with Gasteiger partial charge in [-0.2, -0.15) is 0 Å². The zero-order chi connectivity index (χ0) is 22.6. The monoisotopic (exact) mass is 432 g/mol. The second-order valence-electron chi connectivity index (χ2n) is 8.27. The van der Waals surface area contributed by atoms with Crippen LogP contribution >= 0.6 is 0 Å². The van der Waals surface area contributed by atoms with Gasteiger partial charge >= 0.3 is 5.97 Å². The predicted octanol–water partition coefficient (Wildman–Crippen LogP) is 4.63. The largest absolute Gasteiger partial charge is 0.497 e. The van der Waals surface area contributed by atoms with Crippen LogP contribution in [-0.2, 0) is 11.3 Å².